The van der Waals surface area contributed by atoms with Crippen LogP contribution in [0.25, 0.3) is 0 Å². The van der Waals surface area contributed by atoms with E-state index < -0.39 is 18.0 Å². The van der Waals surface area contributed by atoms with Crippen molar-refractivity contribution >= 4 is 12.0 Å². The van der Waals surface area contributed by atoms with Gasteiger partial charge < -0.3 is 14.9 Å². The van der Waals surface area contributed by atoms with Crippen molar-refractivity contribution < 1.29 is 19.2 Å². The maximum absolute atomic E-state index is 11.4. The molecule has 1 aromatic carbocycles. The van der Waals surface area contributed by atoms with Gasteiger partial charge in [-0.15, -0.1) is 0 Å². The molecule has 6 nitrogen and oxygen atoms in total. The molecule has 2 amide bonds. The van der Waals surface area contributed by atoms with Crippen molar-refractivity contribution in [3.63, 3.8) is 0 Å². The van der Waals surface area contributed by atoms with E-state index in [2.05, 4.69) is 5.32 Å². The highest BCUT2D eigenvalue weighted by Crippen LogP contribution is 2.05. The van der Waals surface area contributed by atoms with Crippen molar-refractivity contribution in [3.05, 3.63) is 35.9 Å². The average molecular weight is 250 g/mol. The van der Waals surface area contributed by atoms with E-state index in [4.69, 9.17) is 9.57 Å². The highest BCUT2D eigenvalue weighted by Gasteiger charge is 2.32. The van der Waals surface area contributed by atoms with E-state index >= 15 is 0 Å². The van der Waals surface area contributed by atoms with Crippen molar-refractivity contribution in [3.8, 4) is 0 Å². The van der Waals surface area contributed by atoms with Crippen LogP contribution in [0.1, 0.15) is 5.56 Å². The van der Waals surface area contributed by atoms with Crippen LogP contribution in [0.3, 0.4) is 0 Å². The fraction of sp³-hybridized carbons (Fsp3) is 0.333. The molecule has 0 aliphatic carbocycles. The predicted molar refractivity (Wildman–Crippen MR) is 62.3 cm³/mol. The number of nitrogens with one attached hydrogen (secondary N) is 1. The predicted octanol–water partition coefficient (Wildman–Crippen LogP) is 0.685. The summed E-state index contributed by atoms with van der Waals surface area (Å²) in [6.07, 6.45) is 0. The van der Waals surface area contributed by atoms with Gasteiger partial charge in [0.1, 0.15) is 0 Å². The van der Waals surface area contributed by atoms with Gasteiger partial charge in [-0.25, -0.2) is 9.59 Å². The Balaban J connectivity index is 1.80. The van der Waals surface area contributed by atoms with Gasteiger partial charge in [0.2, 0.25) is 0 Å². The first kappa shape index (κ1) is 12.4. The lowest BCUT2D eigenvalue weighted by Crippen LogP contribution is -2.56. The van der Waals surface area contributed by atoms with Crippen molar-refractivity contribution in [1.29, 1.82) is 0 Å². The fourth-order valence-electron chi connectivity index (χ4n) is 1.52. The van der Waals surface area contributed by atoms with Crippen molar-refractivity contribution in [2.75, 3.05) is 13.7 Å². The third kappa shape index (κ3) is 2.98. The Morgan fingerprint density at radius 1 is 1.33 bits per heavy atom. The molecule has 0 spiro atoms. The SMILES string of the molecule is CN1OC(=O)[C@H](COCc2ccccc2)NC1=O. The second-order valence-electron chi connectivity index (χ2n) is 3.91. The standard InChI is InChI=1S/C12H14N2O4/c1-14-12(16)13-10(11(15)18-14)8-17-7-9-5-3-2-4-6-9/h2-6,10H,7-8H2,1H3,(H,13,16)/t10-/m0/s1. The summed E-state index contributed by atoms with van der Waals surface area (Å²) in [5.74, 6) is -0.523. The molecule has 0 saturated carbocycles. The average Bonchev–Trinajstić information content (AvgIpc) is 2.37. The molecule has 1 aliphatic rings. The zero-order valence-electron chi connectivity index (χ0n) is 9.96. The van der Waals surface area contributed by atoms with E-state index in [-0.39, 0.29) is 6.61 Å². The lowest BCUT2D eigenvalue weighted by Gasteiger charge is -2.27. The zero-order valence-corrected chi connectivity index (χ0v) is 9.96. The number of hydroxylamine groups is 2. The van der Waals surface area contributed by atoms with Crippen LogP contribution < -0.4 is 5.32 Å². The summed E-state index contributed by atoms with van der Waals surface area (Å²) in [6, 6.07) is 8.37. The summed E-state index contributed by atoms with van der Waals surface area (Å²) in [4.78, 5) is 27.4. The molecule has 1 atom stereocenters. The topological polar surface area (TPSA) is 67.9 Å². The maximum atomic E-state index is 11.4. The lowest BCUT2D eigenvalue weighted by molar-refractivity contribution is -0.183. The molecule has 1 saturated heterocycles. The van der Waals surface area contributed by atoms with Crippen LogP contribution in [0.15, 0.2) is 30.3 Å². The molecular formula is C12H14N2O4. The van der Waals surface area contributed by atoms with Gasteiger partial charge in [-0.05, 0) is 5.56 Å². The van der Waals surface area contributed by atoms with E-state index in [1.807, 2.05) is 30.3 Å². The van der Waals surface area contributed by atoms with E-state index in [0.29, 0.717) is 6.61 Å². The number of hydrogen-bond donors (Lipinski definition) is 1. The van der Waals surface area contributed by atoms with E-state index in [1.54, 1.807) is 0 Å². The summed E-state index contributed by atoms with van der Waals surface area (Å²) in [6.45, 7) is 0.476. The van der Waals surface area contributed by atoms with Gasteiger partial charge >= 0.3 is 12.0 Å². The second-order valence-corrected chi connectivity index (χ2v) is 3.91. The molecule has 1 heterocycles. The molecule has 0 unspecified atom stereocenters. The van der Waals surface area contributed by atoms with Crippen molar-refractivity contribution in [2.45, 2.75) is 12.6 Å². The molecule has 96 valence electrons. The second kappa shape index (κ2) is 5.50. The van der Waals surface area contributed by atoms with Crippen LogP contribution in [0, 0.1) is 0 Å². The number of urea groups is 1. The lowest BCUT2D eigenvalue weighted by atomic mass is 10.2. The number of ether oxygens (including phenoxy) is 1. The minimum Gasteiger partial charge on any atom is -0.374 e. The quantitative estimate of drug-likeness (QED) is 0.853. The Kier molecular flexibility index (Phi) is 3.78. The minimum absolute atomic E-state index is 0.0906. The molecule has 1 N–H and O–H groups in total. The number of carbonyl (C=O) groups excluding carboxylic acids is 2. The number of benzene rings is 1. The summed E-state index contributed by atoms with van der Waals surface area (Å²) >= 11 is 0. The highest BCUT2D eigenvalue weighted by molar-refractivity contribution is 5.87. The van der Waals surface area contributed by atoms with Crippen molar-refractivity contribution in [1.82, 2.24) is 10.4 Å². The van der Waals surface area contributed by atoms with Gasteiger partial charge in [0.05, 0.1) is 20.3 Å². The van der Waals surface area contributed by atoms with Crippen LogP contribution in [0.4, 0.5) is 4.79 Å². The Hall–Kier alpha value is -2.08. The third-order valence-corrected chi connectivity index (χ3v) is 2.49. The van der Waals surface area contributed by atoms with Crippen molar-refractivity contribution in [2.24, 2.45) is 0 Å². The number of rotatable bonds is 4. The highest BCUT2D eigenvalue weighted by atomic mass is 16.7. The number of amides is 2. The Labute approximate surface area is 104 Å². The zero-order chi connectivity index (χ0) is 13.0. The Morgan fingerprint density at radius 3 is 2.78 bits per heavy atom. The van der Waals surface area contributed by atoms with E-state index in [9.17, 15) is 9.59 Å². The van der Waals surface area contributed by atoms with Gasteiger partial charge in [0, 0.05) is 0 Å². The number of nitrogens with zero attached hydrogens (tertiary/aromatic N) is 1. The first-order valence-electron chi connectivity index (χ1n) is 5.54. The maximum Gasteiger partial charge on any atom is 0.357 e. The third-order valence-electron chi connectivity index (χ3n) is 2.49. The molecular weight excluding hydrogens is 236 g/mol. The molecule has 6 heteroatoms. The molecule has 1 fully saturated rings. The van der Waals surface area contributed by atoms with Crippen LogP contribution in [-0.4, -0.2) is 36.8 Å². The fourth-order valence-corrected chi connectivity index (χ4v) is 1.52. The molecule has 2 rings (SSSR count). The van der Waals surface area contributed by atoms with Crippen LogP contribution in [0.5, 0.6) is 0 Å². The molecule has 0 radical (unpaired) electrons. The largest absolute Gasteiger partial charge is 0.374 e. The minimum atomic E-state index is -0.752. The normalized spacial score (nSPS) is 19.4. The van der Waals surface area contributed by atoms with Gasteiger partial charge in [-0.3, -0.25) is 0 Å². The summed E-state index contributed by atoms with van der Waals surface area (Å²) < 4.78 is 5.38. The van der Waals surface area contributed by atoms with Crippen LogP contribution >= 0.6 is 0 Å². The molecule has 1 aliphatic heterocycles. The number of hydrogen-bond acceptors (Lipinski definition) is 4. The van der Waals surface area contributed by atoms with E-state index in [1.165, 1.54) is 7.05 Å². The smallest absolute Gasteiger partial charge is 0.357 e. The van der Waals surface area contributed by atoms with Gasteiger partial charge in [-0.2, -0.15) is 5.06 Å². The summed E-state index contributed by atoms with van der Waals surface area (Å²) in [7, 11) is 1.37. The van der Waals surface area contributed by atoms with Gasteiger partial charge in [0.15, 0.2) is 6.04 Å². The van der Waals surface area contributed by atoms with Gasteiger partial charge in [0.25, 0.3) is 0 Å². The molecule has 0 aromatic heterocycles. The molecule has 18 heavy (non-hydrogen) atoms. The Morgan fingerprint density at radius 2 is 2.06 bits per heavy atom. The first-order chi connectivity index (χ1) is 8.66. The van der Waals surface area contributed by atoms with Crippen LogP contribution in [-0.2, 0) is 21.0 Å². The van der Waals surface area contributed by atoms with E-state index in [0.717, 1.165) is 10.6 Å². The van der Waals surface area contributed by atoms with Crippen LogP contribution in [0.2, 0.25) is 0 Å². The molecule has 1 aromatic rings. The summed E-state index contributed by atoms with van der Waals surface area (Å²) in [5, 5.41) is 3.35. The molecule has 0 bridgehead atoms. The monoisotopic (exact) mass is 250 g/mol. The number of carbonyl (C=O) groups is 2. The summed E-state index contributed by atoms with van der Waals surface area (Å²) in [5.41, 5.74) is 1.00. The Bertz CT molecular complexity index is 435. The first-order valence-corrected chi connectivity index (χ1v) is 5.54. The van der Waals surface area contributed by atoms with Gasteiger partial charge in [-0.1, -0.05) is 30.3 Å².